The molecule has 0 atom stereocenters. The van der Waals surface area contributed by atoms with Crippen molar-refractivity contribution >= 4 is 28.6 Å². The van der Waals surface area contributed by atoms with Crippen LogP contribution >= 0.6 is 11.8 Å². The first-order chi connectivity index (χ1) is 16.7. The Kier molecular flexibility index (Phi) is 6.72. The van der Waals surface area contributed by atoms with Gasteiger partial charge in [-0.15, -0.1) is 16.8 Å². The third kappa shape index (κ3) is 4.75. The second-order valence-electron chi connectivity index (χ2n) is 8.48. The largest absolute Gasteiger partial charge is 0.353 e. The van der Waals surface area contributed by atoms with Gasteiger partial charge >= 0.3 is 0 Å². The summed E-state index contributed by atoms with van der Waals surface area (Å²) in [6.45, 7) is 4.47. The number of pyridine rings is 1. The van der Waals surface area contributed by atoms with Gasteiger partial charge in [0.1, 0.15) is 0 Å². The molecule has 5 rings (SSSR count). The second-order valence-corrected chi connectivity index (χ2v) is 9.42. The van der Waals surface area contributed by atoms with Gasteiger partial charge in [0.2, 0.25) is 5.91 Å². The topological polar surface area (TPSA) is 72.7 Å². The number of hydrogen-bond acceptors (Lipinski definition) is 5. The van der Waals surface area contributed by atoms with Gasteiger partial charge in [0.25, 0.3) is 0 Å². The summed E-state index contributed by atoms with van der Waals surface area (Å²) in [5.41, 5.74) is 3.79. The molecule has 1 N–H and O–H groups in total. The Balaban J connectivity index is 1.49. The summed E-state index contributed by atoms with van der Waals surface area (Å²) in [4.78, 5) is 17.4. The molecular weight excluding hydrogens is 442 g/mol. The Morgan fingerprint density at radius 3 is 2.65 bits per heavy atom. The predicted octanol–water partition coefficient (Wildman–Crippen LogP) is 5.50. The number of rotatable bonds is 8. The number of aromatic nitrogens is 4. The molecule has 1 saturated carbocycles. The smallest absolute Gasteiger partial charge is 0.230 e. The van der Waals surface area contributed by atoms with Gasteiger partial charge in [-0.2, -0.15) is 0 Å². The van der Waals surface area contributed by atoms with Crippen LogP contribution in [0.15, 0.2) is 78.5 Å². The van der Waals surface area contributed by atoms with Crippen LogP contribution in [0.5, 0.6) is 0 Å². The molecule has 0 bridgehead atoms. The number of nitrogens with zero attached hydrogens (tertiary/aromatic N) is 4. The summed E-state index contributed by atoms with van der Waals surface area (Å²) >= 11 is 1.41. The van der Waals surface area contributed by atoms with Crippen molar-refractivity contribution in [2.24, 2.45) is 0 Å². The number of para-hydroxylation sites is 1. The van der Waals surface area contributed by atoms with Crippen LogP contribution in [0.2, 0.25) is 0 Å². The van der Waals surface area contributed by atoms with Crippen LogP contribution in [0, 0.1) is 0 Å². The molecule has 172 valence electrons. The van der Waals surface area contributed by atoms with Gasteiger partial charge in [-0.25, -0.2) is 4.98 Å². The van der Waals surface area contributed by atoms with Crippen molar-refractivity contribution in [3.63, 3.8) is 0 Å². The van der Waals surface area contributed by atoms with E-state index in [1.165, 1.54) is 24.6 Å². The van der Waals surface area contributed by atoms with Crippen LogP contribution in [-0.4, -0.2) is 37.5 Å². The molecule has 1 amide bonds. The highest BCUT2D eigenvalue weighted by atomic mass is 32.2. The van der Waals surface area contributed by atoms with Crippen molar-refractivity contribution < 1.29 is 4.79 Å². The fourth-order valence-corrected chi connectivity index (χ4v) is 5.23. The van der Waals surface area contributed by atoms with E-state index in [1.54, 1.807) is 0 Å². The van der Waals surface area contributed by atoms with Gasteiger partial charge in [0.15, 0.2) is 11.0 Å². The van der Waals surface area contributed by atoms with Gasteiger partial charge in [-0.3, -0.25) is 9.36 Å². The number of hydrogen-bond donors (Lipinski definition) is 1. The lowest BCUT2D eigenvalue weighted by Crippen LogP contribution is -2.33. The summed E-state index contributed by atoms with van der Waals surface area (Å²) in [6, 6.07) is 20.6. The summed E-state index contributed by atoms with van der Waals surface area (Å²) in [5, 5.41) is 13.9. The molecule has 0 spiro atoms. The van der Waals surface area contributed by atoms with Gasteiger partial charge in [-0.05, 0) is 25.0 Å². The molecule has 1 aliphatic carbocycles. The van der Waals surface area contributed by atoms with Crippen LogP contribution in [0.25, 0.3) is 33.5 Å². The zero-order chi connectivity index (χ0) is 23.3. The summed E-state index contributed by atoms with van der Waals surface area (Å²) in [6.07, 6.45) is 6.37. The van der Waals surface area contributed by atoms with Crippen molar-refractivity contribution in [1.82, 2.24) is 25.1 Å². The number of fused-ring (bicyclic) bond motifs is 1. The number of benzene rings is 2. The maximum atomic E-state index is 12.5. The number of carbonyl (C=O) groups is 1. The molecule has 2 aromatic heterocycles. The average molecular weight is 470 g/mol. The third-order valence-electron chi connectivity index (χ3n) is 6.11. The highest BCUT2D eigenvalue weighted by molar-refractivity contribution is 7.99. The van der Waals surface area contributed by atoms with Gasteiger partial charge in [0.05, 0.1) is 17.0 Å². The monoisotopic (exact) mass is 469 g/mol. The minimum absolute atomic E-state index is 0.0485. The molecule has 2 aromatic carbocycles. The van der Waals surface area contributed by atoms with E-state index in [0.717, 1.165) is 46.4 Å². The van der Waals surface area contributed by atoms with E-state index < -0.39 is 0 Å². The fraction of sp³-hybridized carbons (Fsp3) is 0.259. The molecule has 2 heterocycles. The van der Waals surface area contributed by atoms with Gasteiger partial charge in [-0.1, -0.05) is 79.2 Å². The van der Waals surface area contributed by atoms with E-state index in [4.69, 9.17) is 4.98 Å². The summed E-state index contributed by atoms with van der Waals surface area (Å²) in [5.74, 6) is 1.11. The maximum Gasteiger partial charge on any atom is 0.230 e. The molecule has 0 unspecified atom stereocenters. The fourth-order valence-electron chi connectivity index (χ4n) is 4.48. The van der Waals surface area contributed by atoms with Crippen LogP contribution in [0.3, 0.4) is 0 Å². The average Bonchev–Trinajstić information content (AvgIpc) is 3.53. The molecule has 6 nitrogen and oxygen atoms in total. The molecule has 0 radical (unpaired) electrons. The molecule has 4 aromatic rings. The first-order valence-corrected chi connectivity index (χ1v) is 12.6. The van der Waals surface area contributed by atoms with Gasteiger partial charge in [0, 0.05) is 29.1 Å². The van der Waals surface area contributed by atoms with E-state index >= 15 is 0 Å². The summed E-state index contributed by atoms with van der Waals surface area (Å²) in [7, 11) is 0. The van der Waals surface area contributed by atoms with E-state index in [1.807, 2.05) is 47.0 Å². The normalized spacial score (nSPS) is 13.9. The Morgan fingerprint density at radius 1 is 1.09 bits per heavy atom. The molecule has 0 aliphatic heterocycles. The highest BCUT2D eigenvalue weighted by Gasteiger charge is 2.20. The second kappa shape index (κ2) is 10.2. The molecule has 1 fully saturated rings. The Bertz CT molecular complexity index is 1310. The van der Waals surface area contributed by atoms with Crippen molar-refractivity contribution in [3.05, 3.63) is 73.3 Å². The van der Waals surface area contributed by atoms with E-state index in [9.17, 15) is 4.79 Å². The first kappa shape index (κ1) is 22.3. The van der Waals surface area contributed by atoms with Crippen LogP contribution in [0.1, 0.15) is 25.7 Å². The lowest BCUT2D eigenvalue weighted by Gasteiger charge is -2.13. The number of nitrogens with one attached hydrogen (secondary N) is 1. The minimum Gasteiger partial charge on any atom is -0.353 e. The predicted molar refractivity (Wildman–Crippen MR) is 138 cm³/mol. The van der Waals surface area contributed by atoms with E-state index in [0.29, 0.717) is 23.5 Å². The zero-order valence-corrected chi connectivity index (χ0v) is 19.8. The Morgan fingerprint density at radius 2 is 1.85 bits per heavy atom. The van der Waals surface area contributed by atoms with Crippen molar-refractivity contribution in [3.8, 4) is 22.6 Å². The Labute approximate surface area is 203 Å². The van der Waals surface area contributed by atoms with Crippen molar-refractivity contribution in [2.75, 3.05) is 5.75 Å². The first-order valence-electron chi connectivity index (χ1n) is 11.6. The number of amides is 1. The van der Waals surface area contributed by atoms with Crippen LogP contribution < -0.4 is 5.32 Å². The van der Waals surface area contributed by atoms with Crippen molar-refractivity contribution in [1.29, 1.82) is 0 Å². The SMILES string of the molecule is C=CCn1c(SCC(=O)NC2CCCC2)nnc1-c1cc(-c2ccccc2)nc2ccccc12. The lowest BCUT2D eigenvalue weighted by atomic mass is 10.0. The maximum absolute atomic E-state index is 12.5. The molecule has 7 heteroatoms. The van der Waals surface area contributed by atoms with Crippen LogP contribution in [-0.2, 0) is 11.3 Å². The highest BCUT2D eigenvalue weighted by Crippen LogP contribution is 2.33. The van der Waals surface area contributed by atoms with Crippen molar-refractivity contribution in [2.45, 2.75) is 43.4 Å². The number of allylic oxidation sites excluding steroid dienone is 1. The molecule has 34 heavy (non-hydrogen) atoms. The quantitative estimate of drug-likeness (QED) is 0.273. The van der Waals surface area contributed by atoms with Gasteiger partial charge < -0.3 is 5.32 Å². The van der Waals surface area contributed by atoms with E-state index in [-0.39, 0.29) is 5.91 Å². The van der Waals surface area contributed by atoms with Crippen LogP contribution in [0.4, 0.5) is 0 Å². The van der Waals surface area contributed by atoms with E-state index in [2.05, 4.69) is 46.4 Å². The minimum atomic E-state index is 0.0485. The number of thioether (sulfide) groups is 1. The Hall–Kier alpha value is -3.45. The number of carbonyl (C=O) groups excluding carboxylic acids is 1. The summed E-state index contributed by atoms with van der Waals surface area (Å²) < 4.78 is 2.02. The lowest BCUT2D eigenvalue weighted by molar-refractivity contribution is -0.119. The molecular formula is C27H27N5OS. The third-order valence-corrected chi connectivity index (χ3v) is 7.07. The zero-order valence-electron chi connectivity index (χ0n) is 19.0. The molecule has 0 saturated heterocycles. The molecule has 1 aliphatic rings. The standard InChI is InChI=1S/C27H27N5OS/c1-2-16-32-26(30-31-27(32)34-18-25(33)28-20-12-6-7-13-20)22-17-24(19-10-4-3-5-11-19)29-23-15-9-8-14-21(22)23/h2-5,8-11,14-15,17,20H,1,6-7,12-13,16,18H2,(H,28,33).